The van der Waals surface area contributed by atoms with Crippen LogP contribution >= 0.6 is 7.82 Å². The minimum absolute atomic E-state index is 0. The molecule has 1 N–H and O–H groups in total. The van der Waals surface area contributed by atoms with Crippen molar-refractivity contribution in [3.05, 3.63) is 0 Å². The molecule has 7 nitrogen and oxygen atoms in total. The third-order valence-corrected chi connectivity index (χ3v) is 8.51. The average Bonchev–Trinajstić information content (AvgIpc) is 2.53. The van der Waals surface area contributed by atoms with Crippen LogP contribution in [-0.2, 0) is 23.6 Å². The second-order valence-electron chi connectivity index (χ2n) is 9.20. The first kappa shape index (κ1) is 24.6. The number of ether oxygens (including phenoxy) is 1. The number of hydrogen-bond donors (Lipinski definition) is 1. The molecule has 149 valence electrons. The second-order valence-corrected chi connectivity index (χ2v) is 10.3. The predicted octanol–water partition coefficient (Wildman–Crippen LogP) is -0.855. The third-order valence-electron chi connectivity index (χ3n) is 7.95. The molecular formula is C18H28Na2O7P. The molecule has 6 aliphatic rings. The van der Waals surface area contributed by atoms with Crippen LogP contribution in [0.15, 0.2) is 0 Å². The Bertz CT molecular complexity index is 597. The first-order valence-corrected chi connectivity index (χ1v) is 11.5. The van der Waals surface area contributed by atoms with Gasteiger partial charge in [-0.25, -0.2) is 4.89 Å². The summed E-state index contributed by atoms with van der Waals surface area (Å²) in [5.41, 5.74) is -0.401. The van der Waals surface area contributed by atoms with Crippen LogP contribution in [0.3, 0.4) is 0 Å². The van der Waals surface area contributed by atoms with Gasteiger partial charge in [0.25, 0.3) is 7.82 Å². The molecule has 0 amide bonds. The van der Waals surface area contributed by atoms with Crippen molar-refractivity contribution >= 4 is 37.4 Å². The summed E-state index contributed by atoms with van der Waals surface area (Å²) in [6, 6.07) is 0. The number of phosphoric acid groups is 1. The van der Waals surface area contributed by atoms with Crippen LogP contribution in [0, 0.1) is 29.6 Å². The zero-order valence-corrected chi connectivity index (χ0v) is 22.1. The summed E-state index contributed by atoms with van der Waals surface area (Å²) in [7, 11) is -3.05. The molecule has 28 heavy (non-hydrogen) atoms. The SMILES string of the molecule is COC1(C2CCCC(OP(=O)([O-])O)C2)OOC12C1CC3CC(C1)CC2C3.[Na+].[Na]. The van der Waals surface area contributed by atoms with Gasteiger partial charge in [0, 0.05) is 42.6 Å². The van der Waals surface area contributed by atoms with Gasteiger partial charge < -0.3 is 19.0 Å². The topological polar surface area (TPSA) is 97.3 Å². The van der Waals surface area contributed by atoms with E-state index in [2.05, 4.69) is 0 Å². The first-order valence-electron chi connectivity index (χ1n) is 10.0. The normalized spacial score (nSPS) is 51.0. The monoisotopic (exact) mass is 433 g/mol. The molecule has 1 heterocycles. The van der Waals surface area contributed by atoms with E-state index in [1.54, 1.807) is 7.11 Å². The molecule has 1 saturated heterocycles. The molecule has 4 bridgehead atoms. The smallest absolute Gasteiger partial charge is 0.756 e. The van der Waals surface area contributed by atoms with Crippen molar-refractivity contribution in [2.75, 3.05) is 7.11 Å². The van der Waals surface area contributed by atoms with Crippen LogP contribution < -0.4 is 34.5 Å². The molecule has 1 aliphatic heterocycles. The summed E-state index contributed by atoms with van der Waals surface area (Å²) in [4.78, 5) is 32.0. The summed E-state index contributed by atoms with van der Waals surface area (Å²) in [5.74, 6) is 1.72. The zero-order chi connectivity index (χ0) is 18.2. The van der Waals surface area contributed by atoms with Gasteiger partial charge in [0.2, 0.25) is 5.79 Å². The Morgan fingerprint density at radius 1 is 1.00 bits per heavy atom. The van der Waals surface area contributed by atoms with E-state index in [4.69, 9.17) is 23.9 Å². The third kappa shape index (κ3) is 3.72. The van der Waals surface area contributed by atoms with Crippen LogP contribution in [0.1, 0.15) is 57.8 Å². The van der Waals surface area contributed by atoms with E-state index in [-0.39, 0.29) is 65.0 Å². The quantitative estimate of drug-likeness (QED) is 0.350. The van der Waals surface area contributed by atoms with Crippen molar-refractivity contribution in [1.82, 2.24) is 0 Å². The molecule has 10 heteroatoms. The van der Waals surface area contributed by atoms with Gasteiger partial charge in [-0.2, -0.15) is 4.89 Å². The van der Waals surface area contributed by atoms with Gasteiger partial charge in [-0.05, 0) is 75.0 Å². The van der Waals surface area contributed by atoms with E-state index in [0.29, 0.717) is 24.7 Å². The van der Waals surface area contributed by atoms with E-state index in [9.17, 15) is 9.46 Å². The molecule has 6 rings (SSSR count). The maximum Gasteiger partial charge on any atom is 1.00 e. The minimum Gasteiger partial charge on any atom is -0.756 e. The maximum absolute atomic E-state index is 11.2. The Kier molecular flexibility index (Phi) is 7.68. The fraction of sp³-hybridized carbons (Fsp3) is 1.00. The Morgan fingerprint density at radius 3 is 2.07 bits per heavy atom. The number of methoxy groups -OCH3 is 1. The molecule has 0 aromatic carbocycles. The fourth-order valence-corrected chi connectivity index (χ4v) is 7.90. The molecule has 4 atom stereocenters. The number of hydrogen-bond acceptors (Lipinski definition) is 6. The second kappa shape index (κ2) is 8.74. The van der Waals surface area contributed by atoms with Gasteiger partial charge in [-0.15, -0.1) is 0 Å². The summed E-state index contributed by atoms with van der Waals surface area (Å²) in [6.07, 6.45) is 8.39. The van der Waals surface area contributed by atoms with Crippen LogP contribution in [-0.4, -0.2) is 59.1 Å². The first-order chi connectivity index (χ1) is 12.4. The van der Waals surface area contributed by atoms with Crippen LogP contribution in [0.5, 0.6) is 0 Å². The average molecular weight is 433 g/mol. The van der Waals surface area contributed by atoms with Gasteiger partial charge in [0.15, 0.2) is 5.60 Å². The molecule has 0 aromatic rings. The van der Waals surface area contributed by atoms with E-state index in [1.165, 1.54) is 32.1 Å². The van der Waals surface area contributed by atoms with E-state index in [0.717, 1.165) is 24.7 Å². The number of rotatable bonds is 4. The summed E-state index contributed by atoms with van der Waals surface area (Å²) in [6.45, 7) is 0. The van der Waals surface area contributed by atoms with Gasteiger partial charge in [-0.3, -0.25) is 4.57 Å². The maximum atomic E-state index is 11.2. The van der Waals surface area contributed by atoms with E-state index in [1.807, 2.05) is 0 Å². The van der Waals surface area contributed by atoms with Crippen LogP contribution in [0.4, 0.5) is 0 Å². The van der Waals surface area contributed by atoms with Crippen molar-refractivity contribution in [1.29, 1.82) is 0 Å². The Balaban J connectivity index is 0.00000112. The van der Waals surface area contributed by atoms with E-state index < -0.39 is 25.3 Å². The van der Waals surface area contributed by atoms with Crippen molar-refractivity contribution in [2.45, 2.75) is 75.3 Å². The molecular weight excluding hydrogens is 405 g/mol. The summed E-state index contributed by atoms with van der Waals surface area (Å²) < 4.78 is 22.2. The molecule has 5 aliphatic carbocycles. The predicted molar refractivity (Wildman–Crippen MR) is 94.1 cm³/mol. The van der Waals surface area contributed by atoms with Crippen LogP contribution in [0.2, 0.25) is 0 Å². The van der Waals surface area contributed by atoms with E-state index >= 15 is 0 Å². The minimum atomic E-state index is -4.74. The van der Waals surface area contributed by atoms with Gasteiger partial charge >= 0.3 is 29.6 Å². The van der Waals surface area contributed by atoms with Crippen molar-refractivity contribution < 1.29 is 62.9 Å². The Labute approximate surface area is 210 Å². The van der Waals surface area contributed by atoms with Crippen molar-refractivity contribution in [3.8, 4) is 0 Å². The largest absolute Gasteiger partial charge is 1.00 e. The van der Waals surface area contributed by atoms with Gasteiger partial charge in [-0.1, -0.05) is 6.42 Å². The van der Waals surface area contributed by atoms with Gasteiger partial charge in [0.05, 0.1) is 6.10 Å². The summed E-state index contributed by atoms with van der Waals surface area (Å²) >= 11 is 0. The van der Waals surface area contributed by atoms with Gasteiger partial charge in [0.1, 0.15) is 0 Å². The molecule has 6 fully saturated rings. The molecule has 5 saturated carbocycles. The molecule has 4 unspecified atom stereocenters. The summed E-state index contributed by atoms with van der Waals surface area (Å²) in [5, 5.41) is 0. The Morgan fingerprint density at radius 2 is 1.61 bits per heavy atom. The molecule has 1 radical (unpaired) electrons. The standard InChI is InChI=1S/C18H29O7P.2Na/c1-22-18(13-3-2-4-16(10-13)23-26(19,20)21)17(24-25-18)14-6-11-5-12(8-14)9-15(17)7-11;;/h11-16H,2-10H2,1H3,(H2,19,20,21);;/q;;+1/p-1. The van der Waals surface area contributed by atoms with Crippen molar-refractivity contribution in [2.24, 2.45) is 29.6 Å². The molecule has 1 spiro atoms. The number of phosphoric ester groups is 1. The van der Waals surface area contributed by atoms with Crippen molar-refractivity contribution in [3.63, 3.8) is 0 Å². The van der Waals surface area contributed by atoms with Crippen LogP contribution in [0.25, 0.3) is 0 Å². The fourth-order valence-electron chi connectivity index (χ4n) is 7.33. The zero-order valence-electron chi connectivity index (χ0n) is 17.2. The Hall–Kier alpha value is 1.99. The molecule has 0 aromatic heterocycles.